The largest absolute Gasteiger partial charge is 0.507 e. The maximum atomic E-state index is 13.3. The summed E-state index contributed by atoms with van der Waals surface area (Å²) >= 11 is 0. The maximum absolute atomic E-state index is 13.3. The number of phenolic OH excluding ortho intramolecular Hbond substituents is 1. The maximum Gasteiger partial charge on any atom is 0.254 e. The molecule has 1 amide bonds. The van der Waals surface area contributed by atoms with Crippen molar-refractivity contribution in [3.8, 4) is 22.9 Å². The van der Waals surface area contributed by atoms with Crippen molar-refractivity contribution in [3.05, 3.63) is 42.2 Å². The third-order valence-corrected chi connectivity index (χ3v) is 10.0. The number of phenols is 1. The smallest absolute Gasteiger partial charge is 0.254 e. The highest BCUT2D eigenvalue weighted by Crippen LogP contribution is 2.34. The minimum atomic E-state index is -0.461. The van der Waals surface area contributed by atoms with Gasteiger partial charge < -0.3 is 34.6 Å². The second kappa shape index (κ2) is 15.1. The molecular weight excluding hydrogens is 612 g/mol. The van der Waals surface area contributed by atoms with Crippen molar-refractivity contribution in [3.63, 3.8) is 0 Å². The van der Waals surface area contributed by atoms with E-state index in [0.29, 0.717) is 48.4 Å². The van der Waals surface area contributed by atoms with Crippen LogP contribution in [0.3, 0.4) is 0 Å². The zero-order valence-electron chi connectivity index (χ0n) is 28.6. The highest BCUT2D eigenvalue weighted by molar-refractivity contribution is 5.83. The molecule has 4 atom stereocenters. The van der Waals surface area contributed by atoms with E-state index in [1.165, 1.54) is 0 Å². The molecule has 48 heavy (non-hydrogen) atoms. The molecule has 2 aromatic heterocycles. The molecule has 0 bridgehead atoms. The zero-order chi connectivity index (χ0) is 33.8. The summed E-state index contributed by atoms with van der Waals surface area (Å²) in [5.41, 5.74) is 2.32. The lowest BCUT2D eigenvalue weighted by Gasteiger charge is -2.39. The molecule has 3 saturated heterocycles. The van der Waals surface area contributed by atoms with Crippen LogP contribution in [-0.4, -0.2) is 130 Å². The van der Waals surface area contributed by atoms with Gasteiger partial charge >= 0.3 is 0 Å². The molecule has 0 spiro atoms. The Hall–Kier alpha value is -3.94. The van der Waals surface area contributed by atoms with Crippen molar-refractivity contribution in [2.45, 2.75) is 64.2 Å². The Morgan fingerprint density at radius 2 is 1.85 bits per heavy atom. The number of rotatable bonds is 12. The van der Waals surface area contributed by atoms with Gasteiger partial charge in [-0.2, -0.15) is 0 Å². The summed E-state index contributed by atoms with van der Waals surface area (Å²) in [6.07, 6.45) is 2.05. The standard InChI is InChI=1S/C35H50N8O5/c1-5-26(47-32-19-31(48-39-32)33(23(2)3)35(46)43-13-11-25(44)21-43)22-40-12-10-24(20-40)41-14-16-42(17-15-41)29-18-28(37-38-34(29)36-4)27-8-6-7-9-30(27)45/h6-9,18-19,23-26,33,44-45H,5,10-17,20-22H2,1-4H3,(H,36,38)/t24?,25-,26?,33?/m1/s1. The van der Waals surface area contributed by atoms with E-state index in [1.54, 1.807) is 23.1 Å². The second-order valence-corrected chi connectivity index (χ2v) is 13.6. The van der Waals surface area contributed by atoms with E-state index in [0.717, 1.165) is 70.2 Å². The SMILES string of the molecule is CCC(CN1CCC(N2CCN(c3cc(-c4ccccc4O)nnc3NC)CC2)C1)Oc1cc(C(C(=O)N2CC[C@@H](O)C2)C(C)C)on1. The number of nitrogens with one attached hydrogen (secondary N) is 1. The fraction of sp³-hybridized carbons (Fsp3) is 0.600. The van der Waals surface area contributed by atoms with Crippen LogP contribution in [0.25, 0.3) is 11.3 Å². The number of carbonyl (C=O) groups excluding carboxylic acids is 1. The number of anilines is 2. The molecule has 3 aromatic rings. The third-order valence-electron chi connectivity index (χ3n) is 10.0. The Bertz CT molecular complexity index is 1530. The van der Waals surface area contributed by atoms with Gasteiger partial charge in [0.1, 0.15) is 17.8 Å². The minimum absolute atomic E-state index is 0.0226. The highest BCUT2D eigenvalue weighted by Gasteiger charge is 2.36. The summed E-state index contributed by atoms with van der Waals surface area (Å²) < 4.78 is 12.0. The quantitative estimate of drug-likeness (QED) is 0.262. The summed E-state index contributed by atoms with van der Waals surface area (Å²) in [5.74, 6) is 1.39. The predicted molar refractivity (Wildman–Crippen MR) is 183 cm³/mol. The number of piperazine rings is 1. The van der Waals surface area contributed by atoms with Gasteiger partial charge in [0.2, 0.25) is 5.91 Å². The molecule has 5 heterocycles. The Morgan fingerprint density at radius 3 is 2.54 bits per heavy atom. The molecule has 13 nitrogen and oxygen atoms in total. The molecule has 6 rings (SSSR count). The number of nitrogens with zero attached hydrogens (tertiary/aromatic N) is 7. The van der Waals surface area contributed by atoms with Crippen molar-refractivity contribution < 1.29 is 24.3 Å². The predicted octanol–water partition coefficient (Wildman–Crippen LogP) is 3.27. The number of amides is 1. The van der Waals surface area contributed by atoms with Crippen LogP contribution in [0.1, 0.15) is 51.7 Å². The van der Waals surface area contributed by atoms with Gasteiger partial charge in [-0.05, 0) is 55.1 Å². The van der Waals surface area contributed by atoms with Crippen LogP contribution in [0.5, 0.6) is 11.6 Å². The number of hydrogen-bond donors (Lipinski definition) is 3. The number of aromatic nitrogens is 3. The van der Waals surface area contributed by atoms with Crippen molar-refractivity contribution in [1.82, 2.24) is 30.1 Å². The molecule has 0 saturated carbocycles. The lowest BCUT2D eigenvalue weighted by molar-refractivity contribution is -0.133. The van der Waals surface area contributed by atoms with Crippen LogP contribution in [-0.2, 0) is 4.79 Å². The molecule has 0 aliphatic carbocycles. The molecule has 3 aliphatic heterocycles. The van der Waals surface area contributed by atoms with Crippen LogP contribution in [0.2, 0.25) is 0 Å². The second-order valence-electron chi connectivity index (χ2n) is 13.6. The molecule has 3 fully saturated rings. The van der Waals surface area contributed by atoms with Gasteiger partial charge in [0.05, 0.1) is 17.5 Å². The van der Waals surface area contributed by atoms with Crippen LogP contribution < -0.4 is 15.0 Å². The fourth-order valence-corrected chi connectivity index (χ4v) is 7.28. The molecule has 3 N–H and O–H groups in total. The van der Waals surface area contributed by atoms with Gasteiger partial charge in [0, 0.05) is 77.1 Å². The van der Waals surface area contributed by atoms with Crippen LogP contribution >= 0.6 is 0 Å². The first-order chi connectivity index (χ1) is 23.2. The van der Waals surface area contributed by atoms with E-state index < -0.39 is 12.0 Å². The van der Waals surface area contributed by atoms with E-state index >= 15 is 0 Å². The number of hydrogen-bond acceptors (Lipinski definition) is 12. The molecule has 13 heteroatoms. The molecule has 3 aliphatic rings. The van der Waals surface area contributed by atoms with Gasteiger partial charge in [-0.3, -0.25) is 14.6 Å². The lowest BCUT2D eigenvalue weighted by atomic mass is 9.92. The normalized spacial score (nSPS) is 22.0. The first-order valence-corrected chi connectivity index (χ1v) is 17.4. The summed E-state index contributed by atoms with van der Waals surface area (Å²) in [5, 5.41) is 36.5. The van der Waals surface area contributed by atoms with Gasteiger partial charge in [0.15, 0.2) is 11.6 Å². The number of para-hydroxylation sites is 1. The van der Waals surface area contributed by atoms with Crippen molar-refractivity contribution in [2.75, 3.05) is 76.2 Å². The Balaban J connectivity index is 1.01. The van der Waals surface area contributed by atoms with E-state index in [9.17, 15) is 15.0 Å². The van der Waals surface area contributed by atoms with Crippen molar-refractivity contribution in [2.24, 2.45) is 5.92 Å². The topological polar surface area (TPSA) is 144 Å². The molecule has 1 aromatic carbocycles. The Labute approximate surface area is 282 Å². The molecular formula is C35H50N8O5. The highest BCUT2D eigenvalue weighted by atomic mass is 16.5. The monoisotopic (exact) mass is 662 g/mol. The zero-order valence-corrected chi connectivity index (χ0v) is 28.6. The van der Waals surface area contributed by atoms with E-state index in [-0.39, 0.29) is 23.7 Å². The first-order valence-electron chi connectivity index (χ1n) is 17.4. The fourth-order valence-electron chi connectivity index (χ4n) is 7.28. The van der Waals surface area contributed by atoms with Crippen molar-refractivity contribution >= 4 is 17.4 Å². The Kier molecular flexibility index (Phi) is 10.7. The van der Waals surface area contributed by atoms with Gasteiger partial charge in [0.25, 0.3) is 5.88 Å². The first kappa shape index (κ1) is 33.9. The molecule has 260 valence electrons. The number of aromatic hydroxyl groups is 1. The number of β-amino-alcohol motifs (C(OH)–C–C–N with tert-alkyl or cyclic N) is 1. The van der Waals surface area contributed by atoms with Gasteiger partial charge in [-0.1, -0.05) is 32.9 Å². The summed E-state index contributed by atoms with van der Waals surface area (Å²) in [6, 6.07) is 11.5. The van der Waals surface area contributed by atoms with E-state index in [4.69, 9.17) is 9.26 Å². The lowest BCUT2D eigenvalue weighted by Crippen LogP contribution is -2.51. The molecule has 0 radical (unpaired) electrons. The van der Waals surface area contributed by atoms with Crippen molar-refractivity contribution in [1.29, 1.82) is 0 Å². The third kappa shape index (κ3) is 7.53. The number of ether oxygens (including phenoxy) is 1. The van der Waals surface area contributed by atoms with E-state index in [2.05, 4.69) is 42.3 Å². The van der Waals surface area contributed by atoms with Crippen LogP contribution in [0.15, 0.2) is 40.9 Å². The van der Waals surface area contributed by atoms with E-state index in [1.807, 2.05) is 39.1 Å². The summed E-state index contributed by atoms with van der Waals surface area (Å²) in [6.45, 7) is 13.5. The molecule has 3 unspecified atom stereocenters. The summed E-state index contributed by atoms with van der Waals surface area (Å²) in [4.78, 5) is 22.4. The average molecular weight is 663 g/mol. The Morgan fingerprint density at radius 1 is 1.06 bits per heavy atom. The number of likely N-dealkylation sites (tertiary alicyclic amines) is 2. The number of carbonyl (C=O) groups is 1. The average Bonchev–Trinajstić information content (AvgIpc) is 3.86. The van der Waals surface area contributed by atoms with Crippen LogP contribution in [0.4, 0.5) is 11.5 Å². The number of aliphatic hydroxyl groups is 1. The minimum Gasteiger partial charge on any atom is -0.507 e. The number of benzene rings is 1. The number of aliphatic hydroxyl groups excluding tert-OH is 1. The van der Waals surface area contributed by atoms with Gasteiger partial charge in [-0.25, -0.2) is 0 Å². The van der Waals surface area contributed by atoms with Crippen LogP contribution in [0, 0.1) is 5.92 Å². The van der Waals surface area contributed by atoms with Gasteiger partial charge in [-0.15, -0.1) is 10.2 Å². The summed E-state index contributed by atoms with van der Waals surface area (Å²) in [7, 11) is 1.86.